The van der Waals surface area contributed by atoms with Gasteiger partial charge in [-0.05, 0) is 20.3 Å². The van der Waals surface area contributed by atoms with Crippen LogP contribution in [0.4, 0.5) is 8.78 Å². The van der Waals surface area contributed by atoms with Crippen LogP contribution in [0.25, 0.3) is 0 Å². The number of carbonyl (C=O) groups is 1. The van der Waals surface area contributed by atoms with Gasteiger partial charge in [-0.15, -0.1) is 0 Å². The van der Waals surface area contributed by atoms with Gasteiger partial charge in [0.05, 0.1) is 5.41 Å². The molecule has 0 radical (unpaired) electrons. The van der Waals surface area contributed by atoms with Gasteiger partial charge in [-0.1, -0.05) is 11.6 Å². The lowest BCUT2D eigenvalue weighted by atomic mass is 9.85. The zero-order chi connectivity index (χ0) is 13.4. The van der Waals surface area contributed by atoms with Crippen LogP contribution in [0.2, 0.25) is 5.02 Å². The SMILES string of the molecule is CC(C)(Cc1c(F)cc(O)c(Cl)c1F)C(=O)O. The zero-order valence-corrected chi connectivity index (χ0v) is 9.98. The third kappa shape index (κ3) is 2.66. The molecule has 0 fully saturated rings. The quantitative estimate of drug-likeness (QED) is 0.825. The molecule has 0 aliphatic heterocycles. The number of phenols is 1. The molecule has 0 saturated heterocycles. The van der Waals surface area contributed by atoms with Crippen LogP contribution in [-0.2, 0) is 11.2 Å². The summed E-state index contributed by atoms with van der Waals surface area (Å²) in [5, 5.41) is 17.4. The Hall–Kier alpha value is -1.36. The third-order valence-corrected chi connectivity index (χ3v) is 2.79. The molecule has 17 heavy (non-hydrogen) atoms. The number of carboxylic acids is 1. The molecule has 3 nitrogen and oxygen atoms in total. The highest BCUT2D eigenvalue weighted by atomic mass is 35.5. The number of rotatable bonds is 3. The van der Waals surface area contributed by atoms with Gasteiger partial charge in [0.2, 0.25) is 0 Å². The first-order chi connectivity index (χ1) is 7.66. The first-order valence-electron chi connectivity index (χ1n) is 4.75. The van der Waals surface area contributed by atoms with E-state index in [4.69, 9.17) is 21.8 Å². The van der Waals surface area contributed by atoms with E-state index in [1.165, 1.54) is 13.8 Å². The third-order valence-electron chi connectivity index (χ3n) is 2.43. The van der Waals surface area contributed by atoms with Crippen molar-refractivity contribution < 1.29 is 23.8 Å². The van der Waals surface area contributed by atoms with Crippen LogP contribution in [0, 0.1) is 17.0 Å². The summed E-state index contributed by atoms with van der Waals surface area (Å²) in [6, 6.07) is 0.665. The Bertz CT molecular complexity index is 472. The van der Waals surface area contributed by atoms with Gasteiger partial charge < -0.3 is 10.2 Å². The number of benzene rings is 1. The molecule has 6 heteroatoms. The molecule has 94 valence electrons. The molecule has 1 aromatic carbocycles. The predicted octanol–water partition coefficient (Wildman–Crippen LogP) is 2.98. The first-order valence-corrected chi connectivity index (χ1v) is 5.13. The van der Waals surface area contributed by atoms with Crippen molar-refractivity contribution in [1.29, 1.82) is 0 Å². The van der Waals surface area contributed by atoms with Crippen molar-refractivity contribution in [2.75, 3.05) is 0 Å². The normalized spacial score (nSPS) is 11.6. The lowest BCUT2D eigenvalue weighted by Crippen LogP contribution is -2.27. The number of aliphatic carboxylic acids is 1. The van der Waals surface area contributed by atoms with E-state index in [1.54, 1.807) is 0 Å². The van der Waals surface area contributed by atoms with E-state index in [-0.39, 0.29) is 6.42 Å². The highest BCUT2D eigenvalue weighted by molar-refractivity contribution is 6.32. The summed E-state index contributed by atoms with van der Waals surface area (Å²) >= 11 is 5.42. The van der Waals surface area contributed by atoms with E-state index in [1.807, 2.05) is 0 Å². The second-order valence-corrected chi connectivity index (χ2v) is 4.73. The Morgan fingerprint density at radius 3 is 2.47 bits per heavy atom. The number of hydrogen-bond donors (Lipinski definition) is 2. The standard InChI is InChI=1S/C11H11ClF2O3/c1-11(2,10(16)17)4-5-6(13)3-7(15)8(12)9(5)14/h3,15H,4H2,1-2H3,(H,16,17). The molecule has 0 bridgehead atoms. The predicted molar refractivity (Wildman–Crippen MR) is 58.2 cm³/mol. The zero-order valence-electron chi connectivity index (χ0n) is 9.22. The van der Waals surface area contributed by atoms with Gasteiger partial charge in [0.1, 0.15) is 16.6 Å². The van der Waals surface area contributed by atoms with Crippen LogP contribution >= 0.6 is 11.6 Å². The summed E-state index contributed by atoms with van der Waals surface area (Å²) < 4.78 is 27.0. The average molecular weight is 265 g/mol. The van der Waals surface area contributed by atoms with Gasteiger partial charge in [-0.3, -0.25) is 4.79 Å². The van der Waals surface area contributed by atoms with E-state index in [0.717, 1.165) is 0 Å². The molecule has 0 saturated carbocycles. The van der Waals surface area contributed by atoms with Gasteiger partial charge in [-0.25, -0.2) is 8.78 Å². The van der Waals surface area contributed by atoms with Crippen molar-refractivity contribution in [3.8, 4) is 5.75 Å². The molecule has 0 atom stereocenters. The largest absolute Gasteiger partial charge is 0.506 e. The first kappa shape index (κ1) is 13.7. The number of carboxylic acid groups (broad SMARTS) is 1. The second kappa shape index (κ2) is 4.49. The van der Waals surface area contributed by atoms with E-state index in [9.17, 15) is 13.6 Å². The molecular formula is C11H11ClF2O3. The smallest absolute Gasteiger partial charge is 0.309 e. The highest BCUT2D eigenvalue weighted by Gasteiger charge is 2.31. The van der Waals surface area contributed by atoms with Crippen molar-refractivity contribution in [1.82, 2.24) is 0 Å². The summed E-state index contributed by atoms with van der Waals surface area (Å²) in [5.74, 6) is -4.03. The minimum atomic E-state index is -1.33. The van der Waals surface area contributed by atoms with Crippen LogP contribution in [0.1, 0.15) is 19.4 Å². The maximum atomic E-state index is 13.6. The number of halogens is 3. The summed E-state index contributed by atoms with van der Waals surface area (Å²) in [5.41, 5.74) is -1.78. The fourth-order valence-corrected chi connectivity index (χ4v) is 1.47. The van der Waals surface area contributed by atoms with Gasteiger partial charge in [-0.2, -0.15) is 0 Å². The average Bonchev–Trinajstić information content (AvgIpc) is 2.21. The molecule has 0 amide bonds. The van der Waals surface area contributed by atoms with Crippen LogP contribution in [0.3, 0.4) is 0 Å². The van der Waals surface area contributed by atoms with Crippen LogP contribution in [0.5, 0.6) is 5.75 Å². The maximum Gasteiger partial charge on any atom is 0.309 e. The minimum Gasteiger partial charge on any atom is -0.506 e. The van der Waals surface area contributed by atoms with Crippen molar-refractivity contribution in [3.63, 3.8) is 0 Å². The Kier molecular flexibility index (Phi) is 3.62. The highest BCUT2D eigenvalue weighted by Crippen LogP contribution is 2.34. The van der Waals surface area contributed by atoms with Crippen molar-refractivity contribution in [2.45, 2.75) is 20.3 Å². The summed E-state index contributed by atoms with van der Waals surface area (Å²) in [7, 11) is 0. The Morgan fingerprint density at radius 1 is 1.47 bits per heavy atom. The minimum absolute atomic E-state index is 0.361. The lowest BCUT2D eigenvalue weighted by Gasteiger charge is -2.20. The molecule has 0 aliphatic carbocycles. The lowest BCUT2D eigenvalue weighted by molar-refractivity contribution is -0.146. The molecule has 1 aromatic rings. The van der Waals surface area contributed by atoms with Gasteiger partial charge in [0.25, 0.3) is 0 Å². The molecule has 0 spiro atoms. The molecule has 0 aliphatic rings. The molecule has 0 aromatic heterocycles. The van der Waals surface area contributed by atoms with E-state index in [0.29, 0.717) is 6.07 Å². The summed E-state index contributed by atoms with van der Waals surface area (Å²) in [4.78, 5) is 10.9. The van der Waals surface area contributed by atoms with Gasteiger partial charge in [0, 0.05) is 11.6 Å². The Balaban J connectivity index is 3.25. The molecule has 0 unspecified atom stereocenters. The van der Waals surface area contributed by atoms with Crippen LogP contribution < -0.4 is 0 Å². The van der Waals surface area contributed by atoms with E-state index < -0.39 is 39.4 Å². The fourth-order valence-electron chi connectivity index (χ4n) is 1.30. The molecule has 0 heterocycles. The van der Waals surface area contributed by atoms with E-state index >= 15 is 0 Å². The summed E-state index contributed by atoms with van der Waals surface area (Å²) in [6.45, 7) is 2.68. The fraction of sp³-hybridized carbons (Fsp3) is 0.364. The monoisotopic (exact) mass is 264 g/mol. The van der Waals surface area contributed by atoms with E-state index in [2.05, 4.69) is 0 Å². The number of aromatic hydroxyl groups is 1. The Labute approximate surface area is 102 Å². The van der Waals surface area contributed by atoms with Crippen molar-refractivity contribution in [3.05, 3.63) is 28.3 Å². The topological polar surface area (TPSA) is 57.5 Å². The number of phenolic OH excluding ortho intramolecular Hbond substituents is 1. The van der Waals surface area contributed by atoms with Crippen LogP contribution in [0.15, 0.2) is 6.07 Å². The molecule has 1 rings (SSSR count). The maximum absolute atomic E-state index is 13.6. The van der Waals surface area contributed by atoms with Crippen LogP contribution in [-0.4, -0.2) is 16.2 Å². The Morgan fingerprint density at radius 2 is 2.00 bits per heavy atom. The molecule has 2 N–H and O–H groups in total. The van der Waals surface area contributed by atoms with Crippen molar-refractivity contribution in [2.24, 2.45) is 5.41 Å². The molecular weight excluding hydrogens is 254 g/mol. The summed E-state index contributed by atoms with van der Waals surface area (Å²) in [6.07, 6.45) is -0.361. The van der Waals surface area contributed by atoms with Gasteiger partial charge >= 0.3 is 5.97 Å². The van der Waals surface area contributed by atoms with Crippen molar-refractivity contribution >= 4 is 17.6 Å². The second-order valence-electron chi connectivity index (χ2n) is 4.35. The number of hydrogen-bond acceptors (Lipinski definition) is 2. The van der Waals surface area contributed by atoms with Gasteiger partial charge in [0.15, 0.2) is 5.82 Å².